The van der Waals surface area contributed by atoms with Gasteiger partial charge in [-0.05, 0) is 20.0 Å². The largest absolute Gasteiger partial charge is 0.481 e. The summed E-state index contributed by atoms with van der Waals surface area (Å²) in [6.07, 6.45) is 1.18. The Kier molecular flexibility index (Phi) is 4.06. The monoisotopic (exact) mass is 255 g/mol. The number of carbonyl (C=O) groups excluding carboxylic acids is 1. The van der Waals surface area contributed by atoms with Crippen LogP contribution in [0.25, 0.3) is 0 Å². The van der Waals surface area contributed by atoms with Gasteiger partial charge in [0.15, 0.2) is 0 Å². The van der Waals surface area contributed by atoms with Gasteiger partial charge >= 0.3 is 12.0 Å². The molecule has 0 aromatic heterocycles. The zero-order valence-electron chi connectivity index (χ0n) is 10.8. The van der Waals surface area contributed by atoms with Crippen LogP contribution >= 0.6 is 0 Å². The highest BCUT2D eigenvalue weighted by Crippen LogP contribution is 2.21. The predicted molar refractivity (Wildman–Crippen MR) is 66.4 cm³/mol. The molecule has 0 spiro atoms. The summed E-state index contributed by atoms with van der Waals surface area (Å²) in [5.41, 5.74) is 0. The highest BCUT2D eigenvalue weighted by Gasteiger charge is 2.34. The first-order chi connectivity index (χ1) is 8.56. The molecule has 6 nitrogen and oxygen atoms in total. The van der Waals surface area contributed by atoms with E-state index in [0.717, 1.165) is 32.6 Å². The van der Waals surface area contributed by atoms with E-state index >= 15 is 0 Å². The van der Waals surface area contributed by atoms with Crippen molar-refractivity contribution < 1.29 is 14.7 Å². The summed E-state index contributed by atoms with van der Waals surface area (Å²) >= 11 is 0. The fourth-order valence-electron chi connectivity index (χ4n) is 2.54. The molecule has 0 saturated carbocycles. The zero-order chi connectivity index (χ0) is 13.1. The molecule has 0 bridgehead atoms. The van der Waals surface area contributed by atoms with Gasteiger partial charge in [-0.3, -0.25) is 4.79 Å². The summed E-state index contributed by atoms with van der Waals surface area (Å²) in [5.74, 6) is -0.635. The number of carbonyl (C=O) groups is 2. The molecule has 2 fully saturated rings. The fraction of sp³-hybridized carbons (Fsp3) is 0.833. The standard InChI is InChI=1S/C12H21N3O3/c1-13-3-2-4-14(6-5-13)12(18)15-8-10(9-15)7-11(16)17/h10H,2-9H2,1H3,(H,16,17). The van der Waals surface area contributed by atoms with Crippen molar-refractivity contribution in [2.75, 3.05) is 46.3 Å². The van der Waals surface area contributed by atoms with Gasteiger partial charge in [-0.25, -0.2) is 4.79 Å². The summed E-state index contributed by atoms with van der Waals surface area (Å²) < 4.78 is 0. The van der Waals surface area contributed by atoms with E-state index in [-0.39, 0.29) is 18.4 Å². The van der Waals surface area contributed by atoms with Gasteiger partial charge in [0.05, 0.1) is 6.42 Å². The number of urea groups is 1. The number of rotatable bonds is 2. The lowest BCUT2D eigenvalue weighted by Gasteiger charge is -2.41. The molecule has 0 aromatic rings. The summed E-state index contributed by atoms with van der Waals surface area (Å²) in [5, 5.41) is 8.67. The molecule has 0 atom stereocenters. The first-order valence-electron chi connectivity index (χ1n) is 6.50. The van der Waals surface area contributed by atoms with Crippen LogP contribution in [-0.4, -0.2) is 78.1 Å². The molecule has 102 valence electrons. The normalized spacial score (nSPS) is 22.5. The van der Waals surface area contributed by atoms with E-state index in [1.807, 2.05) is 4.90 Å². The van der Waals surface area contributed by atoms with Crippen molar-refractivity contribution in [3.63, 3.8) is 0 Å². The maximum Gasteiger partial charge on any atom is 0.320 e. The zero-order valence-corrected chi connectivity index (χ0v) is 10.8. The van der Waals surface area contributed by atoms with E-state index in [0.29, 0.717) is 13.1 Å². The van der Waals surface area contributed by atoms with Crippen molar-refractivity contribution in [2.24, 2.45) is 5.92 Å². The van der Waals surface area contributed by atoms with Crippen LogP contribution in [0.3, 0.4) is 0 Å². The average molecular weight is 255 g/mol. The van der Waals surface area contributed by atoms with E-state index in [1.54, 1.807) is 4.90 Å². The van der Waals surface area contributed by atoms with Crippen LogP contribution in [0.2, 0.25) is 0 Å². The van der Waals surface area contributed by atoms with Gasteiger partial charge in [-0.1, -0.05) is 0 Å². The molecule has 2 rings (SSSR count). The number of aliphatic carboxylic acids is 1. The first-order valence-corrected chi connectivity index (χ1v) is 6.50. The minimum Gasteiger partial charge on any atom is -0.481 e. The Bertz CT molecular complexity index is 329. The summed E-state index contributed by atoms with van der Waals surface area (Å²) in [6, 6.07) is 0.0759. The van der Waals surface area contributed by atoms with Crippen LogP contribution in [0.15, 0.2) is 0 Å². The quantitative estimate of drug-likeness (QED) is 0.763. The van der Waals surface area contributed by atoms with E-state index in [9.17, 15) is 9.59 Å². The van der Waals surface area contributed by atoms with Crippen LogP contribution in [0.4, 0.5) is 4.79 Å². The lowest BCUT2D eigenvalue weighted by molar-refractivity contribution is -0.139. The Labute approximate surface area is 107 Å². The number of nitrogens with zero attached hydrogens (tertiary/aromatic N) is 3. The number of hydrogen-bond donors (Lipinski definition) is 1. The summed E-state index contributed by atoms with van der Waals surface area (Å²) in [4.78, 5) is 28.6. The second-order valence-electron chi connectivity index (χ2n) is 5.30. The van der Waals surface area contributed by atoms with Crippen LogP contribution in [-0.2, 0) is 4.79 Å². The number of likely N-dealkylation sites (tertiary alicyclic amines) is 1. The second-order valence-corrected chi connectivity index (χ2v) is 5.30. The third kappa shape index (κ3) is 3.13. The van der Waals surface area contributed by atoms with Crippen LogP contribution < -0.4 is 0 Å². The van der Waals surface area contributed by atoms with Gasteiger partial charge in [0.1, 0.15) is 0 Å². The van der Waals surface area contributed by atoms with Crippen LogP contribution in [0, 0.1) is 5.92 Å². The molecular formula is C12H21N3O3. The Hall–Kier alpha value is -1.30. The van der Waals surface area contributed by atoms with Crippen molar-refractivity contribution in [2.45, 2.75) is 12.8 Å². The van der Waals surface area contributed by atoms with E-state index < -0.39 is 5.97 Å². The fourth-order valence-corrected chi connectivity index (χ4v) is 2.54. The van der Waals surface area contributed by atoms with E-state index in [4.69, 9.17) is 5.11 Å². The summed E-state index contributed by atoms with van der Waals surface area (Å²) in [6.45, 7) is 4.72. The first kappa shape index (κ1) is 13.1. The number of amides is 2. The summed E-state index contributed by atoms with van der Waals surface area (Å²) in [7, 11) is 2.07. The van der Waals surface area contributed by atoms with Crippen molar-refractivity contribution in [1.82, 2.24) is 14.7 Å². The minimum atomic E-state index is -0.775. The maximum atomic E-state index is 12.2. The molecule has 1 N–H and O–H groups in total. The minimum absolute atomic E-state index is 0.0759. The Morgan fingerprint density at radius 2 is 1.83 bits per heavy atom. The van der Waals surface area contributed by atoms with E-state index in [2.05, 4.69) is 11.9 Å². The molecule has 18 heavy (non-hydrogen) atoms. The molecule has 2 heterocycles. The third-order valence-corrected chi connectivity index (χ3v) is 3.68. The number of likely N-dealkylation sites (N-methyl/N-ethyl adjacent to an activating group) is 1. The van der Waals surface area contributed by atoms with Crippen molar-refractivity contribution in [3.8, 4) is 0 Å². The van der Waals surface area contributed by atoms with Crippen molar-refractivity contribution in [1.29, 1.82) is 0 Å². The lowest BCUT2D eigenvalue weighted by atomic mass is 9.97. The van der Waals surface area contributed by atoms with Gasteiger partial charge in [-0.15, -0.1) is 0 Å². The lowest BCUT2D eigenvalue weighted by Crippen LogP contribution is -2.55. The second kappa shape index (κ2) is 5.56. The van der Waals surface area contributed by atoms with Gasteiger partial charge in [0, 0.05) is 38.6 Å². The molecular weight excluding hydrogens is 234 g/mol. The van der Waals surface area contributed by atoms with E-state index in [1.165, 1.54) is 0 Å². The molecule has 0 radical (unpaired) electrons. The highest BCUT2D eigenvalue weighted by atomic mass is 16.4. The average Bonchev–Trinajstić information content (AvgIpc) is 2.47. The van der Waals surface area contributed by atoms with Gasteiger partial charge in [0.2, 0.25) is 0 Å². The maximum absolute atomic E-state index is 12.2. The molecule has 2 saturated heterocycles. The topological polar surface area (TPSA) is 64.1 Å². The van der Waals surface area contributed by atoms with Crippen molar-refractivity contribution >= 4 is 12.0 Å². The molecule has 0 aromatic carbocycles. The molecule has 2 aliphatic heterocycles. The molecule has 6 heteroatoms. The van der Waals surface area contributed by atoms with Gasteiger partial charge in [0.25, 0.3) is 0 Å². The van der Waals surface area contributed by atoms with Crippen molar-refractivity contribution in [3.05, 3.63) is 0 Å². The Balaban J connectivity index is 1.77. The van der Waals surface area contributed by atoms with Crippen LogP contribution in [0.5, 0.6) is 0 Å². The molecule has 0 aliphatic carbocycles. The Morgan fingerprint density at radius 1 is 1.11 bits per heavy atom. The predicted octanol–water partition coefficient (Wildman–Crippen LogP) is 0.150. The van der Waals surface area contributed by atoms with Crippen LogP contribution in [0.1, 0.15) is 12.8 Å². The van der Waals surface area contributed by atoms with Gasteiger partial charge in [-0.2, -0.15) is 0 Å². The Morgan fingerprint density at radius 3 is 2.50 bits per heavy atom. The van der Waals surface area contributed by atoms with Gasteiger partial charge < -0.3 is 19.8 Å². The SMILES string of the molecule is CN1CCCN(C(=O)N2CC(CC(=O)O)C2)CC1. The smallest absolute Gasteiger partial charge is 0.320 e. The number of carboxylic acid groups (broad SMARTS) is 1. The molecule has 2 aliphatic rings. The molecule has 0 unspecified atom stereocenters. The third-order valence-electron chi connectivity index (χ3n) is 3.68. The highest BCUT2D eigenvalue weighted by molar-refractivity contribution is 5.76. The number of carboxylic acids is 1. The molecule has 2 amide bonds. The number of hydrogen-bond acceptors (Lipinski definition) is 3.